The van der Waals surface area contributed by atoms with E-state index in [9.17, 15) is 9.18 Å². The Balaban J connectivity index is 3.18. The first-order valence-corrected chi connectivity index (χ1v) is 4.99. The Hall–Kier alpha value is -0.900. The maximum atomic E-state index is 13.5. The minimum Gasteiger partial charge on any atom is -0.462 e. The fourth-order valence-electron chi connectivity index (χ4n) is 1.10. The lowest BCUT2D eigenvalue weighted by atomic mass is 10.1. The molecule has 2 nitrogen and oxygen atoms in total. The molecule has 76 valence electrons. The lowest BCUT2D eigenvalue weighted by molar-refractivity contribution is 0.0520. The Bertz CT molecular complexity index is 363. The zero-order chi connectivity index (χ0) is 10.7. The van der Waals surface area contributed by atoms with Crippen LogP contribution in [0.2, 0.25) is 0 Å². The number of carbonyl (C=O) groups excluding carboxylic acids is 1. The molecule has 0 bridgehead atoms. The summed E-state index contributed by atoms with van der Waals surface area (Å²) in [5.74, 6) is -1.19. The highest BCUT2D eigenvalue weighted by Crippen LogP contribution is 2.22. The smallest absolute Gasteiger partial charge is 0.341 e. The van der Waals surface area contributed by atoms with Crippen LogP contribution in [0.5, 0.6) is 0 Å². The van der Waals surface area contributed by atoms with E-state index in [1.165, 1.54) is 0 Å². The second-order valence-corrected chi connectivity index (χ2v) is 3.63. The van der Waals surface area contributed by atoms with Crippen LogP contribution in [-0.2, 0) is 4.74 Å². The minimum atomic E-state index is -0.621. The minimum absolute atomic E-state index is 0.00113. The highest BCUT2D eigenvalue weighted by molar-refractivity contribution is 9.10. The van der Waals surface area contributed by atoms with E-state index in [0.717, 1.165) is 0 Å². The molecule has 0 spiro atoms. The van der Waals surface area contributed by atoms with Crippen LogP contribution in [0.1, 0.15) is 22.8 Å². The third-order valence-electron chi connectivity index (χ3n) is 1.78. The van der Waals surface area contributed by atoms with Crippen LogP contribution < -0.4 is 0 Å². The molecule has 0 aliphatic heterocycles. The van der Waals surface area contributed by atoms with Crippen molar-refractivity contribution in [1.82, 2.24) is 0 Å². The van der Waals surface area contributed by atoms with Crippen LogP contribution in [0.25, 0.3) is 0 Å². The molecule has 0 saturated heterocycles. The van der Waals surface area contributed by atoms with Crippen LogP contribution in [-0.4, -0.2) is 12.6 Å². The highest BCUT2D eigenvalue weighted by Gasteiger charge is 2.17. The fourth-order valence-corrected chi connectivity index (χ4v) is 1.43. The van der Waals surface area contributed by atoms with E-state index in [2.05, 4.69) is 15.9 Å². The molecule has 0 atom stereocenters. The molecule has 0 aliphatic rings. The van der Waals surface area contributed by atoms with E-state index in [1.807, 2.05) is 0 Å². The van der Waals surface area contributed by atoms with Gasteiger partial charge in [-0.3, -0.25) is 0 Å². The SMILES string of the molecule is CCOC(=O)c1c(C)ccc(Br)c1F. The molecule has 0 N–H and O–H groups in total. The number of hydrogen-bond acceptors (Lipinski definition) is 2. The quantitative estimate of drug-likeness (QED) is 0.765. The lowest BCUT2D eigenvalue weighted by Crippen LogP contribution is -2.09. The van der Waals surface area contributed by atoms with Crippen LogP contribution in [0.4, 0.5) is 4.39 Å². The molecule has 4 heteroatoms. The third kappa shape index (κ3) is 2.12. The van der Waals surface area contributed by atoms with Gasteiger partial charge >= 0.3 is 5.97 Å². The molecular formula is C10H10BrFO2. The van der Waals surface area contributed by atoms with Crippen molar-refractivity contribution in [3.05, 3.63) is 33.5 Å². The maximum Gasteiger partial charge on any atom is 0.341 e. The Morgan fingerprint density at radius 3 is 2.79 bits per heavy atom. The number of aryl methyl sites for hydroxylation is 1. The van der Waals surface area contributed by atoms with Gasteiger partial charge in [0.2, 0.25) is 0 Å². The molecule has 0 radical (unpaired) electrons. The van der Waals surface area contributed by atoms with Crippen molar-refractivity contribution < 1.29 is 13.9 Å². The van der Waals surface area contributed by atoms with Crippen molar-refractivity contribution in [2.45, 2.75) is 13.8 Å². The van der Waals surface area contributed by atoms with Gasteiger partial charge in [-0.2, -0.15) is 0 Å². The van der Waals surface area contributed by atoms with E-state index in [-0.39, 0.29) is 16.6 Å². The van der Waals surface area contributed by atoms with Crippen LogP contribution in [0.15, 0.2) is 16.6 Å². The first-order chi connectivity index (χ1) is 6.57. The predicted octanol–water partition coefficient (Wildman–Crippen LogP) is 3.07. The molecule has 1 aromatic carbocycles. The molecule has 1 rings (SSSR count). The topological polar surface area (TPSA) is 26.3 Å². The van der Waals surface area contributed by atoms with Crippen molar-refractivity contribution in [3.63, 3.8) is 0 Å². The molecular weight excluding hydrogens is 251 g/mol. The normalized spacial score (nSPS) is 10.0. The molecule has 0 unspecified atom stereocenters. The van der Waals surface area contributed by atoms with E-state index < -0.39 is 11.8 Å². The van der Waals surface area contributed by atoms with Gasteiger partial charge in [0.15, 0.2) is 5.82 Å². The monoisotopic (exact) mass is 260 g/mol. The molecule has 0 amide bonds. The van der Waals surface area contributed by atoms with Crippen LogP contribution in [0, 0.1) is 12.7 Å². The van der Waals surface area contributed by atoms with Gasteiger partial charge < -0.3 is 4.74 Å². The van der Waals surface area contributed by atoms with Crippen LogP contribution >= 0.6 is 15.9 Å². The average Bonchev–Trinajstić information content (AvgIpc) is 2.13. The first-order valence-electron chi connectivity index (χ1n) is 4.19. The number of halogens is 2. The second-order valence-electron chi connectivity index (χ2n) is 2.77. The van der Waals surface area contributed by atoms with E-state index in [4.69, 9.17) is 4.74 Å². The molecule has 1 aromatic rings. The number of benzene rings is 1. The molecule has 0 heterocycles. The average molecular weight is 261 g/mol. The summed E-state index contributed by atoms with van der Waals surface area (Å²) in [6.07, 6.45) is 0. The van der Waals surface area contributed by atoms with E-state index >= 15 is 0 Å². The van der Waals surface area contributed by atoms with E-state index in [0.29, 0.717) is 5.56 Å². The fraction of sp³-hybridized carbons (Fsp3) is 0.300. The summed E-state index contributed by atoms with van der Waals surface area (Å²) < 4.78 is 18.5. The van der Waals surface area contributed by atoms with Crippen LogP contribution in [0.3, 0.4) is 0 Å². The Morgan fingerprint density at radius 2 is 2.21 bits per heavy atom. The lowest BCUT2D eigenvalue weighted by Gasteiger charge is -2.07. The van der Waals surface area contributed by atoms with Crippen molar-refractivity contribution in [2.75, 3.05) is 6.61 Å². The summed E-state index contributed by atoms with van der Waals surface area (Å²) in [5, 5.41) is 0. The van der Waals surface area contributed by atoms with Crippen molar-refractivity contribution >= 4 is 21.9 Å². The summed E-state index contributed by atoms with van der Waals surface area (Å²) >= 11 is 3.02. The zero-order valence-electron chi connectivity index (χ0n) is 7.93. The molecule has 0 saturated carbocycles. The summed E-state index contributed by atoms with van der Waals surface area (Å²) in [7, 11) is 0. The second kappa shape index (κ2) is 4.55. The summed E-state index contributed by atoms with van der Waals surface area (Å²) in [6, 6.07) is 3.23. The van der Waals surface area contributed by atoms with Crippen molar-refractivity contribution in [1.29, 1.82) is 0 Å². The number of ether oxygens (including phenoxy) is 1. The number of rotatable bonds is 2. The van der Waals surface area contributed by atoms with Gasteiger partial charge in [0.25, 0.3) is 0 Å². The summed E-state index contributed by atoms with van der Waals surface area (Å²) in [4.78, 5) is 11.4. The van der Waals surface area contributed by atoms with Gasteiger partial charge in [-0.25, -0.2) is 9.18 Å². The maximum absolute atomic E-state index is 13.5. The zero-order valence-corrected chi connectivity index (χ0v) is 9.52. The first kappa shape index (κ1) is 11.2. The van der Waals surface area contributed by atoms with Gasteiger partial charge in [0.05, 0.1) is 16.6 Å². The van der Waals surface area contributed by atoms with Gasteiger partial charge in [-0.1, -0.05) is 6.07 Å². The summed E-state index contributed by atoms with van der Waals surface area (Å²) in [6.45, 7) is 3.59. The molecule has 0 aromatic heterocycles. The Kier molecular flexibility index (Phi) is 3.63. The summed E-state index contributed by atoms with van der Waals surface area (Å²) in [5.41, 5.74) is 0.574. The number of hydrogen-bond donors (Lipinski definition) is 0. The van der Waals surface area contributed by atoms with E-state index in [1.54, 1.807) is 26.0 Å². The van der Waals surface area contributed by atoms with Gasteiger partial charge in [0, 0.05) is 0 Å². The molecule has 14 heavy (non-hydrogen) atoms. The molecule has 0 fully saturated rings. The van der Waals surface area contributed by atoms with Crippen molar-refractivity contribution in [2.24, 2.45) is 0 Å². The van der Waals surface area contributed by atoms with Gasteiger partial charge in [-0.05, 0) is 41.4 Å². The predicted molar refractivity (Wildman–Crippen MR) is 54.8 cm³/mol. The third-order valence-corrected chi connectivity index (χ3v) is 2.40. The van der Waals surface area contributed by atoms with Gasteiger partial charge in [-0.15, -0.1) is 0 Å². The Labute approximate surface area is 90.2 Å². The number of esters is 1. The number of carbonyl (C=O) groups is 1. The Morgan fingerprint density at radius 1 is 1.57 bits per heavy atom. The largest absolute Gasteiger partial charge is 0.462 e. The highest BCUT2D eigenvalue weighted by atomic mass is 79.9. The van der Waals surface area contributed by atoms with Crippen molar-refractivity contribution in [3.8, 4) is 0 Å². The van der Waals surface area contributed by atoms with Gasteiger partial charge in [0.1, 0.15) is 0 Å². The molecule has 0 aliphatic carbocycles. The standard InChI is InChI=1S/C10H10BrFO2/c1-3-14-10(13)8-6(2)4-5-7(11)9(8)12/h4-5H,3H2,1-2H3.